The van der Waals surface area contributed by atoms with Crippen molar-refractivity contribution in [2.45, 2.75) is 11.8 Å². The van der Waals surface area contributed by atoms with E-state index < -0.39 is 21.2 Å². The van der Waals surface area contributed by atoms with Crippen LogP contribution in [-0.2, 0) is 20.0 Å². The molecular formula is C8H9NO5S. The summed E-state index contributed by atoms with van der Waals surface area (Å²) < 4.78 is 26.9. The topological polar surface area (TPSA) is 97.5 Å². The van der Waals surface area contributed by atoms with Gasteiger partial charge in [-0.2, -0.15) is 0 Å². The minimum absolute atomic E-state index is 0.168. The van der Waals surface area contributed by atoms with E-state index in [0.717, 1.165) is 0 Å². The van der Waals surface area contributed by atoms with Crippen molar-refractivity contribution >= 4 is 15.8 Å². The summed E-state index contributed by atoms with van der Waals surface area (Å²) >= 11 is 0. The number of carbonyl (C=O) groups is 1. The smallest absolute Gasteiger partial charge is 0.304 e. The molecule has 0 saturated carbocycles. The zero-order valence-corrected chi connectivity index (χ0v) is 8.53. The average molecular weight is 231 g/mol. The molecule has 82 valence electrons. The van der Waals surface area contributed by atoms with Crippen molar-refractivity contribution in [3.63, 3.8) is 0 Å². The fraction of sp³-hybridized carbons (Fsp3) is 0.500. The van der Waals surface area contributed by atoms with Gasteiger partial charge in [0.05, 0.1) is 29.0 Å². The van der Waals surface area contributed by atoms with Gasteiger partial charge in [0.15, 0.2) is 9.84 Å². The molecule has 6 nitrogen and oxygen atoms in total. The molecule has 1 saturated heterocycles. The van der Waals surface area contributed by atoms with Gasteiger partial charge in [-0.25, -0.2) is 8.42 Å². The van der Waals surface area contributed by atoms with Gasteiger partial charge in [-0.05, 0) is 0 Å². The molecule has 2 rings (SSSR count). The first-order valence-corrected chi connectivity index (χ1v) is 6.09. The number of aromatic nitrogens is 1. The summed E-state index contributed by atoms with van der Waals surface area (Å²) in [7, 11) is -3.11. The van der Waals surface area contributed by atoms with Crippen LogP contribution < -0.4 is 0 Å². The van der Waals surface area contributed by atoms with Gasteiger partial charge in [0.2, 0.25) is 0 Å². The maximum Gasteiger partial charge on any atom is 0.304 e. The Bertz CT molecular complexity index is 463. The summed E-state index contributed by atoms with van der Waals surface area (Å²) in [4.78, 5) is 10.7. The molecule has 0 radical (unpaired) electrons. The molecule has 2 heterocycles. The molecule has 0 bridgehead atoms. The molecule has 0 aromatic carbocycles. The first-order chi connectivity index (χ1) is 6.94. The number of hydrogen-bond acceptors (Lipinski definition) is 5. The van der Waals surface area contributed by atoms with Crippen LogP contribution in [-0.4, -0.2) is 36.2 Å². The molecular weight excluding hydrogens is 222 g/mol. The second kappa shape index (κ2) is 3.06. The Hall–Kier alpha value is -1.37. The number of sulfone groups is 1. The van der Waals surface area contributed by atoms with E-state index in [1.807, 2.05) is 0 Å². The highest BCUT2D eigenvalue weighted by atomic mass is 32.2. The largest absolute Gasteiger partial charge is 0.481 e. The van der Waals surface area contributed by atoms with Crippen LogP contribution in [0.5, 0.6) is 0 Å². The van der Waals surface area contributed by atoms with Crippen LogP contribution >= 0.6 is 0 Å². The number of rotatable bonds is 3. The molecule has 7 heteroatoms. The van der Waals surface area contributed by atoms with Crippen molar-refractivity contribution in [1.29, 1.82) is 0 Å². The van der Waals surface area contributed by atoms with Crippen molar-refractivity contribution in [1.82, 2.24) is 5.16 Å². The normalized spacial score (nSPS) is 21.9. The maximum absolute atomic E-state index is 11.1. The standard InChI is InChI=1S/C8H9NO5S/c10-7(11)3-8(4-15(12,13)5-8)6-1-2-14-9-6/h1-2H,3-5H2,(H,10,11). The Morgan fingerprint density at radius 1 is 1.60 bits per heavy atom. The second-order valence-corrected chi connectivity index (χ2v) is 5.83. The van der Waals surface area contributed by atoms with Crippen molar-refractivity contribution in [3.8, 4) is 0 Å². The summed E-state index contributed by atoms with van der Waals surface area (Å²) in [6, 6.07) is 1.51. The summed E-state index contributed by atoms with van der Waals surface area (Å²) in [5, 5.41) is 12.4. The van der Waals surface area contributed by atoms with Crippen LogP contribution in [0.2, 0.25) is 0 Å². The van der Waals surface area contributed by atoms with Gasteiger partial charge >= 0.3 is 5.97 Å². The quantitative estimate of drug-likeness (QED) is 0.774. The van der Waals surface area contributed by atoms with Crippen molar-refractivity contribution in [3.05, 3.63) is 18.0 Å². The van der Waals surface area contributed by atoms with Crippen LogP contribution in [0.1, 0.15) is 12.1 Å². The minimum Gasteiger partial charge on any atom is -0.481 e. The van der Waals surface area contributed by atoms with Gasteiger partial charge < -0.3 is 9.63 Å². The number of aliphatic carboxylic acids is 1. The molecule has 0 atom stereocenters. The summed E-state index contributed by atoms with van der Waals surface area (Å²) in [5.74, 6) is -1.37. The highest BCUT2D eigenvalue weighted by Crippen LogP contribution is 2.38. The summed E-state index contributed by atoms with van der Waals surface area (Å²) in [5.41, 5.74) is -0.489. The first-order valence-electron chi connectivity index (χ1n) is 4.27. The van der Waals surface area contributed by atoms with Crippen LogP contribution in [0.3, 0.4) is 0 Å². The van der Waals surface area contributed by atoms with E-state index in [2.05, 4.69) is 9.68 Å². The molecule has 0 spiro atoms. The monoisotopic (exact) mass is 231 g/mol. The average Bonchev–Trinajstić information content (AvgIpc) is 2.49. The predicted octanol–water partition coefficient (Wildman–Crippen LogP) is -0.184. The van der Waals surface area contributed by atoms with E-state index in [0.29, 0.717) is 5.69 Å². The fourth-order valence-electron chi connectivity index (χ4n) is 1.92. The molecule has 1 aromatic rings. The number of hydrogen-bond donors (Lipinski definition) is 1. The van der Waals surface area contributed by atoms with Crippen molar-refractivity contribution < 1.29 is 22.8 Å². The molecule has 1 aliphatic heterocycles. The van der Waals surface area contributed by atoms with E-state index in [1.165, 1.54) is 12.3 Å². The Morgan fingerprint density at radius 3 is 2.67 bits per heavy atom. The summed E-state index contributed by atoms with van der Waals surface area (Å²) in [6.07, 6.45) is 1.07. The zero-order chi connectivity index (χ0) is 11.1. The lowest BCUT2D eigenvalue weighted by Crippen LogP contribution is -2.53. The Labute approximate surface area is 85.8 Å². The van der Waals surface area contributed by atoms with E-state index in [-0.39, 0.29) is 17.9 Å². The highest BCUT2D eigenvalue weighted by Gasteiger charge is 2.52. The lowest BCUT2D eigenvalue weighted by atomic mass is 9.84. The third-order valence-electron chi connectivity index (χ3n) is 2.46. The molecule has 1 fully saturated rings. The third-order valence-corrected chi connectivity index (χ3v) is 4.45. The molecule has 0 unspecified atom stereocenters. The van der Waals surface area contributed by atoms with E-state index >= 15 is 0 Å². The van der Waals surface area contributed by atoms with Crippen LogP contribution in [0, 0.1) is 0 Å². The predicted molar refractivity (Wildman–Crippen MR) is 49.1 cm³/mol. The number of carboxylic acid groups (broad SMARTS) is 1. The summed E-state index contributed by atoms with van der Waals surface area (Å²) in [6.45, 7) is 0. The minimum atomic E-state index is -3.11. The Balaban J connectivity index is 2.31. The van der Waals surface area contributed by atoms with Crippen LogP contribution in [0.4, 0.5) is 0 Å². The van der Waals surface area contributed by atoms with Gasteiger partial charge in [0.1, 0.15) is 6.26 Å². The Morgan fingerprint density at radius 2 is 2.27 bits per heavy atom. The molecule has 1 aromatic heterocycles. The Kier molecular flexibility index (Phi) is 2.07. The molecule has 0 amide bonds. The number of carboxylic acids is 1. The van der Waals surface area contributed by atoms with Gasteiger partial charge in [0, 0.05) is 6.07 Å². The van der Waals surface area contributed by atoms with Gasteiger partial charge in [-0.3, -0.25) is 4.79 Å². The van der Waals surface area contributed by atoms with Gasteiger partial charge in [0.25, 0.3) is 0 Å². The van der Waals surface area contributed by atoms with E-state index in [1.54, 1.807) is 0 Å². The maximum atomic E-state index is 11.1. The third kappa shape index (κ3) is 1.74. The molecule has 1 aliphatic rings. The second-order valence-electron chi connectivity index (χ2n) is 3.77. The van der Waals surface area contributed by atoms with Gasteiger partial charge in [-0.15, -0.1) is 0 Å². The zero-order valence-electron chi connectivity index (χ0n) is 7.71. The molecule has 1 N–H and O–H groups in total. The molecule has 15 heavy (non-hydrogen) atoms. The van der Waals surface area contributed by atoms with Crippen molar-refractivity contribution in [2.24, 2.45) is 0 Å². The first kappa shape index (κ1) is 10.2. The lowest BCUT2D eigenvalue weighted by molar-refractivity contribution is -0.138. The molecule has 0 aliphatic carbocycles. The van der Waals surface area contributed by atoms with E-state index in [9.17, 15) is 13.2 Å². The fourth-order valence-corrected chi connectivity index (χ4v) is 4.01. The van der Waals surface area contributed by atoms with Crippen LogP contribution in [0.15, 0.2) is 16.9 Å². The van der Waals surface area contributed by atoms with Crippen LogP contribution in [0.25, 0.3) is 0 Å². The lowest BCUT2D eigenvalue weighted by Gasteiger charge is -2.37. The number of nitrogens with zero attached hydrogens (tertiary/aromatic N) is 1. The van der Waals surface area contributed by atoms with Gasteiger partial charge in [-0.1, -0.05) is 5.16 Å². The van der Waals surface area contributed by atoms with Crippen molar-refractivity contribution in [2.75, 3.05) is 11.5 Å². The highest BCUT2D eigenvalue weighted by molar-refractivity contribution is 7.93. The SMILES string of the molecule is O=C(O)CC1(c2ccon2)CS(=O)(=O)C1. The van der Waals surface area contributed by atoms with E-state index in [4.69, 9.17) is 5.11 Å².